The first-order valence-corrected chi connectivity index (χ1v) is 6.78. The average Bonchev–Trinajstić information content (AvgIpc) is 2.61. The smallest absolute Gasteiger partial charge is 0.256 e. The van der Waals surface area contributed by atoms with Gasteiger partial charge in [-0.05, 0) is 12.5 Å². The molecule has 1 aromatic carbocycles. The van der Waals surface area contributed by atoms with Gasteiger partial charge in [0, 0.05) is 32.7 Å². The van der Waals surface area contributed by atoms with E-state index >= 15 is 0 Å². The van der Waals surface area contributed by atoms with Gasteiger partial charge in [-0.15, -0.1) is 0 Å². The lowest BCUT2D eigenvalue weighted by molar-refractivity contribution is -0.144. The SMILES string of the molecule is CO[C@H](C(=O)N1CCNC(=O)C[C@@H]1C)c1ccccc1. The second-order valence-corrected chi connectivity index (χ2v) is 4.96. The second kappa shape index (κ2) is 6.52. The minimum Gasteiger partial charge on any atom is -0.367 e. The number of nitrogens with one attached hydrogen (secondary N) is 1. The summed E-state index contributed by atoms with van der Waals surface area (Å²) >= 11 is 0. The lowest BCUT2D eigenvalue weighted by Crippen LogP contribution is -2.42. The summed E-state index contributed by atoms with van der Waals surface area (Å²) in [5, 5.41) is 2.78. The third-order valence-electron chi connectivity index (χ3n) is 3.53. The van der Waals surface area contributed by atoms with Gasteiger partial charge in [-0.2, -0.15) is 0 Å². The van der Waals surface area contributed by atoms with Gasteiger partial charge in [-0.3, -0.25) is 9.59 Å². The minimum absolute atomic E-state index is 0.0125. The van der Waals surface area contributed by atoms with Crippen molar-refractivity contribution in [1.82, 2.24) is 10.2 Å². The number of hydrogen-bond acceptors (Lipinski definition) is 3. The van der Waals surface area contributed by atoms with Crippen LogP contribution in [0.25, 0.3) is 0 Å². The lowest BCUT2D eigenvalue weighted by atomic mass is 10.1. The fraction of sp³-hybridized carbons (Fsp3) is 0.467. The highest BCUT2D eigenvalue weighted by molar-refractivity contribution is 5.84. The number of benzene rings is 1. The highest BCUT2D eigenvalue weighted by Gasteiger charge is 2.31. The van der Waals surface area contributed by atoms with Crippen molar-refractivity contribution < 1.29 is 14.3 Å². The fourth-order valence-electron chi connectivity index (χ4n) is 2.47. The first-order valence-electron chi connectivity index (χ1n) is 6.78. The molecule has 1 saturated heterocycles. The van der Waals surface area contributed by atoms with Gasteiger partial charge in [-0.25, -0.2) is 0 Å². The summed E-state index contributed by atoms with van der Waals surface area (Å²) in [6.45, 7) is 2.89. The molecule has 5 nitrogen and oxygen atoms in total. The molecular formula is C15H20N2O3. The predicted molar refractivity (Wildman–Crippen MR) is 75.0 cm³/mol. The van der Waals surface area contributed by atoms with E-state index in [0.717, 1.165) is 5.56 Å². The molecule has 1 aliphatic rings. The third-order valence-corrected chi connectivity index (χ3v) is 3.53. The van der Waals surface area contributed by atoms with Crippen LogP contribution in [-0.2, 0) is 14.3 Å². The van der Waals surface area contributed by atoms with Crippen molar-refractivity contribution in [1.29, 1.82) is 0 Å². The van der Waals surface area contributed by atoms with Gasteiger partial charge < -0.3 is 15.0 Å². The zero-order valence-electron chi connectivity index (χ0n) is 11.8. The van der Waals surface area contributed by atoms with E-state index in [-0.39, 0.29) is 17.9 Å². The van der Waals surface area contributed by atoms with Crippen molar-refractivity contribution in [2.45, 2.75) is 25.5 Å². The van der Waals surface area contributed by atoms with E-state index in [1.165, 1.54) is 7.11 Å². The Kier molecular flexibility index (Phi) is 4.74. The topological polar surface area (TPSA) is 58.6 Å². The molecular weight excluding hydrogens is 256 g/mol. The van der Waals surface area contributed by atoms with Gasteiger partial charge in [0.25, 0.3) is 5.91 Å². The van der Waals surface area contributed by atoms with Gasteiger partial charge in [-0.1, -0.05) is 30.3 Å². The number of nitrogens with zero attached hydrogens (tertiary/aromatic N) is 1. The number of rotatable bonds is 3. The van der Waals surface area contributed by atoms with E-state index in [1.807, 2.05) is 37.3 Å². The number of ether oxygens (including phenoxy) is 1. The van der Waals surface area contributed by atoms with Crippen LogP contribution in [0.3, 0.4) is 0 Å². The number of carbonyl (C=O) groups is 2. The van der Waals surface area contributed by atoms with Crippen LogP contribution in [0.15, 0.2) is 30.3 Å². The van der Waals surface area contributed by atoms with Gasteiger partial charge in [0.05, 0.1) is 0 Å². The molecule has 0 bridgehead atoms. The summed E-state index contributed by atoms with van der Waals surface area (Å²) < 4.78 is 5.37. The summed E-state index contributed by atoms with van der Waals surface area (Å²) in [6, 6.07) is 9.29. The summed E-state index contributed by atoms with van der Waals surface area (Å²) in [5.41, 5.74) is 0.829. The summed E-state index contributed by atoms with van der Waals surface area (Å²) in [6.07, 6.45) is -0.288. The number of amides is 2. The van der Waals surface area contributed by atoms with E-state index in [4.69, 9.17) is 4.74 Å². The Morgan fingerprint density at radius 3 is 2.75 bits per heavy atom. The third kappa shape index (κ3) is 3.17. The number of hydrogen-bond donors (Lipinski definition) is 1. The second-order valence-electron chi connectivity index (χ2n) is 4.96. The molecule has 0 aliphatic carbocycles. The molecule has 2 atom stereocenters. The maximum Gasteiger partial charge on any atom is 0.256 e. The standard InChI is InChI=1S/C15H20N2O3/c1-11-10-13(18)16-8-9-17(11)15(19)14(20-2)12-6-4-3-5-7-12/h3-7,11,14H,8-10H2,1-2H3,(H,16,18)/t11-,14-/m0/s1. The van der Waals surface area contributed by atoms with Crippen LogP contribution in [-0.4, -0.2) is 43.0 Å². The first kappa shape index (κ1) is 14.5. The molecule has 1 N–H and O–H groups in total. The maximum atomic E-state index is 12.7. The Hall–Kier alpha value is -1.88. The van der Waals surface area contributed by atoms with Crippen molar-refractivity contribution in [3.8, 4) is 0 Å². The Morgan fingerprint density at radius 2 is 2.10 bits per heavy atom. The average molecular weight is 276 g/mol. The van der Waals surface area contributed by atoms with Crippen molar-refractivity contribution >= 4 is 11.8 Å². The van der Waals surface area contributed by atoms with Crippen LogP contribution in [0.1, 0.15) is 25.0 Å². The molecule has 5 heteroatoms. The van der Waals surface area contributed by atoms with Gasteiger partial charge in [0.15, 0.2) is 6.10 Å². The zero-order chi connectivity index (χ0) is 14.5. The Morgan fingerprint density at radius 1 is 1.40 bits per heavy atom. The molecule has 0 spiro atoms. The van der Waals surface area contributed by atoms with E-state index in [0.29, 0.717) is 19.5 Å². The van der Waals surface area contributed by atoms with E-state index in [1.54, 1.807) is 4.90 Å². The van der Waals surface area contributed by atoms with Gasteiger partial charge in [0.2, 0.25) is 5.91 Å². The van der Waals surface area contributed by atoms with E-state index in [9.17, 15) is 9.59 Å². The van der Waals surface area contributed by atoms with Crippen molar-refractivity contribution in [3.05, 3.63) is 35.9 Å². The molecule has 0 radical (unpaired) electrons. The molecule has 1 aliphatic heterocycles. The summed E-state index contributed by atoms with van der Waals surface area (Å²) in [7, 11) is 1.53. The molecule has 1 aromatic rings. The molecule has 2 amide bonds. The largest absolute Gasteiger partial charge is 0.367 e. The molecule has 0 aromatic heterocycles. The van der Waals surface area contributed by atoms with Crippen LogP contribution in [0.2, 0.25) is 0 Å². The van der Waals surface area contributed by atoms with E-state index < -0.39 is 6.10 Å². The molecule has 1 fully saturated rings. The fourth-order valence-corrected chi connectivity index (χ4v) is 2.47. The van der Waals surface area contributed by atoms with Crippen molar-refractivity contribution in [3.63, 3.8) is 0 Å². The molecule has 108 valence electrons. The Balaban J connectivity index is 2.17. The van der Waals surface area contributed by atoms with Crippen LogP contribution in [0.4, 0.5) is 0 Å². The predicted octanol–water partition coefficient (Wildman–Crippen LogP) is 1.11. The lowest BCUT2D eigenvalue weighted by Gasteiger charge is -2.29. The first-order chi connectivity index (χ1) is 9.63. The van der Waals surface area contributed by atoms with Crippen LogP contribution >= 0.6 is 0 Å². The van der Waals surface area contributed by atoms with E-state index in [2.05, 4.69) is 5.32 Å². The summed E-state index contributed by atoms with van der Waals surface area (Å²) in [4.78, 5) is 25.9. The van der Waals surface area contributed by atoms with Crippen molar-refractivity contribution in [2.75, 3.05) is 20.2 Å². The van der Waals surface area contributed by atoms with Crippen LogP contribution in [0.5, 0.6) is 0 Å². The molecule has 2 rings (SSSR count). The number of carbonyl (C=O) groups excluding carboxylic acids is 2. The Labute approximate surface area is 118 Å². The van der Waals surface area contributed by atoms with Crippen molar-refractivity contribution in [2.24, 2.45) is 0 Å². The molecule has 0 saturated carbocycles. The van der Waals surface area contributed by atoms with Gasteiger partial charge >= 0.3 is 0 Å². The van der Waals surface area contributed by atoms with Crippen LogP contribution in [0, 0.1) is 0 Å². The molecule has 0 unspecified atom stereocenters. The number of methoxy groups -OCH3 is 1. The minimum atomic E-state index is -0.619. The van der Waals surface area contributed by atoms with Crippen LogP contribution < -0.4 is 5.32 Å². The highest BCUT2D eigenvalue weighted by atomic mass is 16.5. The molecule has 1 heterocycles. The Bertz CT molecular complexity index is 475. The maximum absolute atomic E-state index is 12.7. The van der Waals surface area contributed by atoms with Gasteiger partial charge in [0.1, 0.15) is 0 Å². The molecule has 20 heavy (non-hydrogen) atoms. The normalized spacial score (nSPS) is 21.0. The zero-order valence-corrected chi connectivity index (χ0v) is 11.8. The highest BCUT2D eigenvalue weighted by Crippen LogP contribution is 2.21. The monoisotopic (exact) mass is 276 g/mol. The quantitative estimate of drug-likeness (QED) is 0.899. The summed E-state index contributed by atoms with van der Waals surface area (Å²) in [5.74, 6) is -0.107.